The van der Waals surface area contributed by atoms with Crippen LogP contribution in [-0.2, 0) is 44.7 Å². The standard InChI is InChI=1S/C34H36IN9O10/c1-52-32-18-5-3-7-21(27(18)31(50)44(32)23-9-11-25(46)40-30(23)49)37-26(47)14-42(36)12-16(41-35)15-53-34(51)38-20-6-2-4-17-19(20)13-43(33-28(17)54-33)22-8-10-24(45)39-29(22)48/h2-7,12,22-23,28,32-33,41H,8-11,13-15,36H2,1H3,(H,37,47)(H,38,51)(H,39,45,48)(H,40,46,49)/b16-12-. The number of ether oxygens (including phenoxy) is 3. The summed E-state index contributed by atoms with van der Waals surface area (Å²) < 4.78 is 19.7. The topological polar surface area (TPSA) is 246 Å². The molecule has 0 bridgehead atoms. The number of carbonyl (C=O) groups is 7. The molecule has 19 nitrogen and oxygen atoms in total. The van der Waals surface area contributed by atoms with Crippen LogP contribution in [-0.4, -0.2) is 94.9 Å². The molecular formula is C34H36IN9O10. The van der Waals surface area contributed by atoms with E-state index in [0.717, 1.165) is 16.1 Å². The van der Waals surface area contributed by atoms with E-state index in [0.29, 0.717) is 29.9 Å². The zero-order chi connectivity index (χ0) is 38.3. The Morgan fingerprint density at radius 3 is 2.31 bits per heavy atom. The summed E-state index contributed by atoms with van der Waals surface area (Å²) in [6.07, 6.45) is -0.0509. The average Bonchev–Trinajstić information content (AvgIpc) is 3.89. The number of imide groups is 2. The Labute approximate surface area is 321 Å². The van der Waals surface area contributed by atoms with Crippen molar-refractivity contribution in [2.75, 3.05) is 30.9 Å². The van der Waals surface area contributed by atoms with E-state index in [9.17, 15) is 33.6 Å². The van der Waals surface area contributed by atoms with Crippen LogP contribution in [0.1, 0.15) is 65.1 Å². The monoisotopic (exact) mass is 857 g/mol. The summed E-state index contributed by atoms with van der Waals surface area (Å²) in [4.78, 5) is 91.4. The lowest BCUT2D eigenvalue weighted by molar-refractivity contribution is -0.141. The molecule has 7 amide bonds. The molecule has 7 rings (SSSR count). The molecule has 284 valence electrons. The van der Waals surface area contributed by atoms with Crippen molar-refractivity contribution in [2.24, 2.45) is 5.84 Å². The number of hydrazine groups is 1. The van der Waals surface area contributed by atoms with Crippen molar-refractivity contribution in [3.63, 3.8) is 0 Å². The second-order valence-corrected chi connectivity index (χ2v) is 13.7. The predicted molar refractivity (Wildman–Crippen MR) is 194 cm³/mol. The Hall–Kier alpha value is -5.16. The lowest BCUT2D eigenvalue weighted by atomic mass is 9.94. The number of nitrogens with one attached hydrogen (secondary N) is 5. The molecule has 5 aliphatic rings. The van der Waals surface area contributed by atoms with Crippen molar-refractivity contribution in [2.45, 2.75) is 62.9 Å². The Balaban J connectivity index is 0.950. The second-order valence-electron chi connectivity index (χ2n) is 13.2. The molecule has 5 heterocycles. The molecule has 5 atom stereocenters. The first-order valence-corrected chi connectivity index (χ1v) is 18.1. The molecule has 0 radical (unpaired) electrons. The lowest BCUT2D eigenvalue weighted by Crippen LogP contribution is -2.53. The minimum Gasteiger partial charge on any atom is -0.443 e. The van der Waals surface area contributed by atoms with Gasteiger partial charge in [0.05, 0.1) is 45.9 Å². The van der Waals surface area contributed by atoms with Gasteiger partial charge in [-0.2, -0.15) is 0 Å². The first-order chi connectivity index (χ1) is 26.0. The first kappa shape index (κ1) is 37.2. The fourth-order valence-corrected chi connectivity index (χ4v) is 7.58. The highest BCUT2D eigenvalue weighted by Gasteiger charge is 2.53. The van der Waals surface area contributed by atoms with Crippen LogP contribution < -0.4 is 30.6 Å². The van der Waals surface area contributed by atoms with Crippen molar-refractivity contribution < 1.29 is 47.8 Å². The highest BCUT2D eigenvalue weighted by Crippen LogP contribution is 2.50. The van der Waals surface area contributed by atoms with E-state index in [-0.39, 0.29) is 67.8 Å². The fourth-order valence-electron chi connectivity index (χ4n) is 7.28. The first-order valence-electron chi connectivity index (χ1n) is 17.0. The predicted octanol–water partition coefficient (Wildman–Crippen LogP) is 0.755. The number of piperidine rings is 2. The van der Waals surface area contributed by atoms with Crippen molar-refractivity contribution in [3.8, 4) is 0 Å². The van der Waals surface area contributed by atoms with Crippen LogP contribution in [0.3, 0.4) is 0 Å². The van der Waals surface area contributed by atoms with Crippen LogP contribution in [0.2, 0.25) is 0 Å². The maximum atomic E-state index is 13.6. The van der Waals surface area contributed by atoms with E-state index in [1.54, 1.807) is 30.3 Å². The van der Waals surface area contributed by atoms with Gasteiger partial charge in [0.15, 0.2) is 6.23 Å². The van der Waals surface area contributed by atoms with Gasteiger partial charge in [-0.05, 0) is 36.1 Å². The van der Waals surface area contributed by atoms with E-state index >= 15 is 0 Å². The molecule has 2 aromatic carbocycles. The summed E-state index contributed by atoms with van der Waals surface area (Å²) >= 11 is 1.83. The third kappa shape index (κ3) is 7.33. The summed E-state index contributed by atoms with van der Waals surface area (Å²) in [7, 11) is 1.40. The van der Waals surface area contributed by atoms with Gasteiger partial charge in [-0.1, -0.05) is 24.3 Å². The van der Waals surface area contributed by atoms with Gasteiger partial charge in [0.1, 0.15) is 31.5 Å². The Morgan fingerprint density at radius 1 is 0.981 bits per heavy atom. The Morgan fingerprint density at radius 2 is 1.65 bits per heavy atom. The summed E-state index contributed by atoms with van der Waals surface area (Å²) in [6, 6.07) is 8.78. The summed E-state index contributed by atoms with van der Waals surface area (Å²) in [6.45, 7) is -0.292. The number of rotatable bonds is 11. The maximum absolute atomic E-state index is 13.6. The largest absolute Gasteiger partial charge is 0.443 e. The highest BCUT2D eigenvalue weighted by molar-refractivity contribution is 14.1. The highest BCUT2D eigenvalue weighted by atomic mass is 127. The van der Waals surface area contributed by atoms with Gasteiger partial charge >= 0.3 is 6.09 Å². The zero-order valence-corrected chi connectivity index (χ0v) is 30.9. The van der Waals surface area contributed by atoms with E-state index in [1.165, 1.54) is 18.2 Å². The van der Waals surface area contributed by atoms with Crippen molar-refractivity contribution >= 4 is 75.8 Å². The smallest absolute Gasteiger partial charge is 0.412 e. The number of nitrogens with zero attached hydrogens (tertiary/aromatic N) is 3. The van der Waals surface area contributed by atoms with Crippen molar-refractivity contribution in [1.82, 2.24) is 29.0 Å². The molecule has 0 aliphatic carbocycles. The zero-order valence-electron chi connectivity index (χ0n) is 28.8. The van der Waals surface area contributed by atoms with Gasteiger partial charge < -0.3 is 28.1 Å². The number of epoxide rings is 1. The minimum absolute atomic E-state index is 0.0680. The third-order valence-electron chi connectivity index (χ3n) is 9.74. The minimum atomic E-state index is -0.933. The van der Waals surface area contributed by atoms with Crippen molar-refractivity contribution in [3.05, 3.63) is 70.5 Å². The van der Waals surface area contributed by atoms with E-state index in [2.05, 4.69) is 24.8 Å². The molecular weight excluding hydrogens is 821 g/mol. The Bertz CT molecular complexity index is 1980. The van der Waals surface area contributed by atoms with E-state index in [4.69, 9.17) is 20.1 Å². The molecule has 3 fully saturated rings. The molecule has 0 spiro atoms. The van der Waals surface area contributed by atoms with Gasteiger partial charge in [-0.25, -0.2) is 10.6 Å². The molecule has 54 heavy (non-hydrogen) atoms. The van der Waals surface area contributed by atoms with Gasteiger partial charge in [-0.3, -0.25) is 54.5 Å². The normalized spacial score (nSPS) is 24.8. The fraction of sp³-hybridized carbons (Fsp3) is 0.382. The van der Waals surface area contributed by atoms with Gasteiger partial charge in [-0.15, -0.1) is 0 Å². The van der Waals surface area contributed by atoms with Crippen LogP contribution in [0.5, 0.6) is 0 Å². The van der Waals surface area contributed by atoms with Crippen molar-refractivity contribution in [1.29, 1.82) is 0 Å². The molecule has 7 N–H and O–H groups in total. The number of benzene rings is 2. The molecule has 0 saturated carbocycles. The number of hydrogen-bond acceptors (Lipinski definition) is 14. The quantitative estimate of drug-likeness (QED) is 0.0457. The summed E-state index contributed by atoms with van der Waals surface area (Å²) in [5.74, 6) is 3.31. The van der Waals surface area contributed by atoms with Crippen LogP contribution in [0.4, 0.5) is 16.2 Å². The van der Waals surface area contributed by atoms with Crippen LogP contribution >= 0.6 is 22.9 Å². The van der Waals surface area contributed by atoms with Gasteiger partial charge in [0.2, 0.25) is 29.5 Å². The number of nitrogens with two attached hydrogens (primary N) is 1. The number of fused-ring (bicyclic) bond motifs is 4. The van der Waals surface area contributed by atoms with E-state index in [1.807, 2.05) is 33.8 Å². The molecule has 2 aromatic rings. The molecule has 5 aliphatic heterocycles. The number of carbonyl (C=O) groups excluding carboxylic acids is 7. The molecule has 20 heteroatoms. The van der Waals surface area contributed by atoms with Crippen LogP contribution in [0.25, 0.3) is 0 Å². The van der Waals surface area contributed by atoms with Gasteiger partial charge in [0, 0.05) is 43.9 Å². The molecule has 5 unspecified atom stereocenters. The number of hydrogen-bond donors (Lipinski definition) is 6. The van der Waals surface area contributed by atoms with E-state index < -0.39 is 48.0 Å². The SMILES string of the molecule is COC1c2cccc(NC(=O)CN(N)/C=C(/COC(=O)Nc3cccc4c3CN(C3CCC(=O)NC3=O)C3OC43)NI)c2C(=O)N1C1CCC(=O)NC1=O. The second kappa shape index (κ2) is 15.3. The summed E-state index contributed by atoms with van der Waals surface area (Å²) in [5.41, 5.74) is 3.29. The maximum Gasteiger partial charge on any atom is 0.412 e. The average molecular weight is 858 g/mol. The number of anilines is 2. The van der Waals surface area contributed by atoms with Crippen LogP contribution in [0, 0.1) is 0 Å². The number of amides is 7. The van der Waals surface area contributed by atoms with Crippen LogP contribution in [0.15, 0.2) is 48.3 Å². The molecule has 3 saturated heterocycles. The lowest BCUT2D eigenvalue weighted by Gasteiger charge is -2.34. The number of methoxy groups -OCH3 is 1. The molecule has 0 aromatic heterocycles. The number of halogens is 1. The third-order valence-corrected chi connectivity index (χ3v) is 10.4. The van der Waals surface area contributed by atoms with Gasteiger partial charge in [0.25, 0.3) is 5.91 Å². The summed E-state index contributed by atoms with van der Waals surface area (Å²) in [5, 5.41) is 11.2. The Kier molecular flexibility index (Phi) is 10.5.